The van der Waals surface area contributed by atoms with E-state index in [4.69, 9.17) is 9.52 Å². The van der Waals surface area contributed by atoms with E-state index in [9.17, 15) is 9.90 Å². The number of oxazole rings is 1. The second kappa shape index (κ2) is 6.96. The van der Waals surface area contributed by atoms with Crippen LogP contribution >= 0.6 is 0 Å². The summed E-state index contributed by atoms with van der Waals surface area (Å²) < 4.78 is 7.50. The van der Waals surface area contributed by atoms with E-state index in [1.807, 2.05) is 35.7 Å². The molecule has 0 saturated heterocycles. The number of aromatic nitrogens is 3. The van der Waals surface area contributed by atoms with Crippen LogP contribution in [0.1, 0.15) is 59.0 Å². The molecule has 2 aliphatic rings. The molecular formula is C21H24N6O3. The van der Waals surface area contributed by atoms with Crippen LogP contribution in [0.2, 0.25) is 0 Å². The number of nitrogens with zero attached hydrogens (tertiary/aromatic N) is 4. The number of fused-ring (bicyclic) bond motifs is 1. The lowest BCUT2D eigenvalue weighted by Gasteiger charge is -2.28. The maximum Gasteiger partial charge on any atom is 0.297 e. The minimum atomic E-state index is -0.873. The molecule has 0 radical (unpaired) electrons. The van der Waals surface area contributed by atoms with Crippen molar-refractivity contribution < 1.29 is 14.3 Å². The molecule has 3 N–H and O–H groups in total. The van der Waals surface area contributed by atoms with E-state index in [1.54, 1.807) is 18.7 Å². The lowest BCUT2D eigenvalue weighted by Crippen LogP contribution is -2.38. The Labute approximate surface area is 173 Å². The van der Waals surface area contributed by atoms with Crippen molar-refractivity contribution in [1.82, 2.24) is 30.1 Å². The molecule has 1 unspecified atom stereocenters. The Kier molecular flexibility index (Phi) is 4.37. The lowest BCUT2D eigenvalue weighted by molar-refractivity contribution is 0.0761. The Morgan fingerprint density at radius 1 is 1.37 bits per heavy atom. The maximum atomic E-state index is 13.3. The van der Waals surface area contributed by atoms with Crippen molar-refractivity contribution in [2.45, 2.75) is 39.3 Å². The normalized spacial score (nSPS) is 19.9. The van der Waals surface area contributed by atoms with E-state index in [1.165, 1.54) is 0 Å². The molecule has 0 aliphatic carbocycles. The molecule has 2 atom stereocenters. The van der Waals surface area contributed by atoms with Crippen molar-refractivity contribution in [3.8, 4) is 0 Å². The zero-order valence-corrected chi connectivity index (χ0v) is 17.1. The molecule has 0 aromatic carbocycles. The van der Waals surface area contributed by atoms with E-state index in [-0.39, 0.29) is 23.6 Å². The number of carbonyl (C=O) groups excluding carboxylic acids is 1. The standard InChI is InChI=1S/C21H24N6O3/c1-11-5-4-6-14-9-16(25-27(11)14)17-18-15(7-8-22-17)23-10-26(18)21(29)19-12(2)24-20(30-19)13(3)28/h4-6,9,13,17,22-23,28H,7-8,10H2,1-3H3/t13-,17?/m0/s1. The number of aryl methyl sites for hydroxylation is 2. The first-order valence-corrected chi connectivity index (χ1v) is 10.1. The van der Waals surface area contributed by atoms with Gasteiger partial charge in [-0.1, -0.05) is 6.07 Å². The van der Waals surface area contributed by atoms with Crippen molar-refractivity contribution in [2.75, 3.05) is 13.2 Å². The van der Waals surface area contributed by atoms with Gasteiger partial charge in [0.25, 0.3) is 5.91 Å². The minimum Gasteiger partial charge on any atom is -0.432 e. The Hall–Kier alpha value is -3.17. The summed E-state index contributed by atoms with van der Waals surface area (Å²) in [7, 11) is 0. The third kappa shape index (κ3) is 2.89. The first-order chi connectivity index (χ1) is 14.4. The summed E-state index contributed by atoms with van der Waals surface area (Å²) in [4.78, 5) is 19.2. The molecule has 0 fully saturated rings. The molecule has 2 aliphatic heterocycles. The smallest absolute Gasteiger partial charge is 0.297 e. The summed E-state index contributed by atoms with van der Waals surface area (Å²) in [5.41, 5.74) is 5.28. The fourth-order valence-corrected chi connectivity index (χ4v) is 4.15. The molecule has 0 bridgehead atoms. The van der Waals surface area contributed by atoms with Gasteiger partial charge in [0.2, 0.25) is 11.7 Å². The van der Waals surface area contributed by atoms with Crippen molar-refractivity contribution in [3.63, 3.8) is 0 Å². The van der Waals surface area contributed by atoms with Crippen LogP contribution < -0.4 is 10.6 Å². The first kappa shape index (κ1) is 18.8. The minimum absolute atomic E-state index is 0.145. The predicted molar refractivity (Wildman–Crippen MR) is 108 cm³/mol. The SMILES string of the molecule is Cc1nc([C@H](C)O)oc1C(=O)N1CNC2=C1C(c1cc3cccc(C)n3n1)NCC2. The topological polar surface area (TPSA) is 108 Å². The fraction of sp³-hybridized carbons (Fsp3) is 0.381. The first-order valence-electron chi connectivity index (χ1n) is 10.1. The van der Waals surface area contributed by atoms with Gasteiger partial charge in [-0.2, -0.15) is 5.10 Å². The number of amides is 1. The largest absolute Gasteiger partial charge is 0.432 e. The molecule has 3 aromatic heterocycles. The van der Waals surface area contributed by atoms with Crippen LogP contribution in [0.25, 0.3) is 5.52 Å². The second-order valence-corrected chi connectivity index (χ2v) is 7.78. The quantitative estimate of drug-likeness (QED) is 0.608. The molecule has 30 heavy (non-hydrogen) atoms. The molecular weight excluding hydrogens is 384 g/mol. The van der Waals surface area contributed by atoms with E-state index >= 15 is 0 Å². The summed E-state index contributed by atoms with van der Waals surface area (Å²) in [6, 6.07) is 7.88. The molecule has 1 amide bonds. The molecule has 0 spiro atoms. The van der Waals surface area contributed by atoms with Gasteiger partial charge in [-0.3, -0.25) is 9.69 Å². The second-order valence-electron chi connectivity index (χ2n) is 7.78. The Morgan fingerprint density at radius 3 is 2.93 bits per heavy atom. The van der Waals surface area contributed by atoms with Gasteiger partial charge in [0.15, 0.2) is 0 Å². The molecule has 3 aromatic rings. The van der Waals surface area contributed by atoms with Crippen LogP contribution in [0.15, 0.2) is 40.1 Å². The molecule has 0 saturated carbocycles. The molecule has 9 heteroatoms. The van der Waals surface area contributed by atoms with Crippen molar-refractivity contribution in [3.05, 3.63) is 64.4 Å². The lowest BCUT2D eigenvalue weighted by atomic mass is 10.0. The number of rotatable bonds is 3. The van der Waals surface area contributed by atoms with Crippen molar-refractivity contribution in [1.29, 1.82) is 0 Å². The van der Waals surface area contributed by atoms with Gasteiger partial charge in [0.1, 0.15) is 6.10 Å². The van der Waals surface area contributed by atoms with Gasteiger partial charge >= 0.3 is 0 Å². The number of carbonyl (C=O) groups is 1. The maximum absolute atomic E-state index is 13.3. The van der Waals surface area contributed by atoms with Crippen molar-refractivity contribution >= 4 is 11.4 Å². The third-order valence-electron chi connectivity index (χ3n) is 5.65. The summed E-state index contributed by atoms with van der Waals surface area (Å²) >= 11 is 0. The summed E-state index contributed by atoms with van der Waals surface area (Å²) in [5, 5.41) is 21.4. The van der Waals surface area contributed by atoms with E-state index < -0.39 is 6.10 Å². The number of hydrogen-bond acceptors (Lipinski definition) is 7. The Bertz CT molecular complexity index is 1170. The molecule has 5 rings (SSSR count). The van der Waals surface area contributed by atoms with E-state index in [0.717, 1.165) is 41.3 Å². The van der Waals surface area contributed by atoms with E-state index in [2.05, 4.69) is 15.6 Å². The number of hydrogen-bond donors (Lipinski definition) is 3. The monoisotopic (exact) mass is 408 g/mol. The summed E-state index contributed by atoms with van der Waals surface area (Å²) in [6.45, 7) is 6.44. The highest BCUT2D eigenvalue weighted by molar-refractivity contribution is 5.94. The van der Waals surface area contributed by atoms with Crippen LogP contribution in [-0.2, 0) is 0 Å². The molecule has 9 nitrogen and oxygen atoms in total. The van der Waals surface area contributed by atoms with Crippen LogP contribution in [0.4, 0.5) is 0 Å². The number of nitrogens with one attached hydrogen (secondary N) is 2. The van der Waals surface area contributed by atoms with Crippen LogP contribution in [0, 0.1) is 13.8 Å². The van der Waals surface area contributed by atoms with Crippen LogP contribution in [-0.4, -0.2) is 43.7 Å². The Balaban J connectivity index is 1.53. The van der Waals surface area contributed by atoms with E-state index in [0.29, 0.717) is 12.4 Å². The van der Waals surface area contributed by atoms with Crippen molar-refractivity contribution in [2.24, 2.45) is 0 Å². The van der Waals surface area contributed by atoms with Gasteiger partial charge in [0.05, 0.1) is 35.3 Å². The van der Waals surface area contributed by atoms with Gasteiger partial charge in [-0.05, 0) is 39.0 Å². The van der Waals surface area contributed by atoms with Gasteiger partial charge in [-0.25, -0.2) is 9.50 Å². The number of aliphatic hydroxyl groups excluding tert-OH is 1. The number of aliphatic hydroxyl groups is 1. The Morgan fingerprint density at radius 2 is 2.20 bits per heavy atom. The third-order valence-corrected chi connectivity index (χ3v) is 5.65. The van der Waals surface area contributed by atoms with Gasteiger partial charge in [-0.15, -0.1) is 0 Å². The average molecular weight is 408 g/mol. The molecule has 5 heterocycles. The fourth-order valence-electron chi connectivity index (χ4n) is 4.15. The zero-order valence-electron chi connectivity index (χ0n) is 17.1. The van der Waals surface area contributed by atoms with Gasteiger partial charge in [0, 0.05) is 24.4 Å². The highest BCUT2D eigenvalue weighted by Gasteiger charge is 2.39. The number of pyridine rings is 1. The summed E-state index contributed by atoms with van der Waals surface area (Å²) in [6.07, 6.45) is -0.0712. The summed E-state index contributed by atoms with van der Waals surface area (Å²) in [5.74, 6) is 0.0148. The predicted octanol–water partition coefficient (Wildman–Crippen LogP) is 1.94. The zero-order chi connectivity index (χ0) is 21.0. The van der Waals surface area contributed by atoms with Crippen LogP contribution in [0.5, 0.6) is 0 Å². The van der Waals surface area contributed by atoms with Crippen LogP contribution in [0.3, 0.4) is 0 Å². The van der Waals surface area contributed by atoms with Gasteiger partial charge < -0.3 is 20.2 Å². The highest BCUT2D eigenvalue weighted by Crippen LogP contribution is 2.35. The average Bonchev–Trinajstić information content (AvgIpc) is 3.43. The highest BCUT2D eigenvalue weighted by atomic mass is 16.4. The molecule has 156 valence electrons.